The quantitative estimate of drug-likeness (QED) is 0.270. The van der Waals surface area contributed by atoms with E-state index in [1.807, 2.05) is 68.4 Å². The van der Waals surface area contributed by atoms with Crippen LogP contribution < -0.4 is 5.32 Å². The number of esters is 1. The summed E-state index contributed by atoms with van der Waals surface area (Å²) < 4.78 is 31.4. The number of hydrogen-bond donors (Lipinski definition) is 2. The van der Waals surface area contributed by atoms with Gasteiger partial charge in [0.25, 0.3) is 0 Å². The number of benzene rings is 1. The van der Waals surface area contributed by atoms with E-state index in [9.17, 15) is 24.3 Å². The third-order valence-electron chi connectivity index (χ3n) is 11.9. The first-order valence-electron chi connectivity index (χ1n) is 19.5. The summed E-state index contributed by atoms with van der Waals surface area (Å²) >= 11 is 0. The van der Waals surface area contributed by atoms with Crippen molar-refractivity contribution in [3.63, 3.8) is 0 Å². The second-order valence-electron chi connectivity index (χ2n) is 16.3. The summed E-state index contributed by atoms with van der Waals surface area (Å²) in [5.74, 6) is -5.10. The van der Waals surface area contributed by atoms with E-state index < -0.39 is 83.4 Å². The zero-order valence-electron chi connectivity index (χ0n) is 33.8. The number of alkyl carbamates (subject to hydrolysis) is 1. The predicted molar refractivity (Wildman–Crippen MR) is 206 cm³/mol. The molecule has 3 aliphatic rings. The Morgan fingerprint density at radius 1 is 1.04 bits per heavy atom. The third-order valence-corrected chi connectivity index (χ3v) is 11.9. The van der Waals surface area contributed by atoms with Gasteiger partial charge in [-0.25, -0.2) is 4.79 Å². The highest BCUT2D eigenvalue weighted by atomic mass is 16.7. The standard InChI is InChI=1S/C42H59N3O10/c1-11-32-42(8)36(44-40(50)55-42)25(4)33(46)23(2)22-41(7,51-19-13-14-28-16-17-30-29(21-28)15-12-18-43-30)37(26(5)34(47)27(6)38(49)53-32)54-39-35(48)31(45(9)10)20-24(3)52-39/h12-18,21,23-27,31-32,35-37,39,48H,11,19-20,22H2,1-10H3,(H,44,50)/b14-13+/t23-,24-,25+,26+,27-,31+,32?,35-,36-,37-,39+,41-,42-/m1/s1. The van der Waals surface area contributed by atoms with Gasteiger partial charge in [0.15, 0.2) is 17.7 Å². The average Bonchev–Trinajstić information content (AvgIpc) is 3.47. The number of carbonyl (C=O) groups is 4. The van der Waals surface area contributed by atoms with Crippen LogP contribution in [0.4, 0.5) is 4.79 Å². The summed E-state index contributed by atoms with van der Waals surface area (Å²) in [7, 11) is 3.74. The van der Waals surface area contributed by atoms with Crippen LogP contribution >= 0.6 is 0 Å². The Hall–Kier alpha value is -3.75. The summed E-state index contributed by atoms with van der Waals surface area (Å²) in [4.78, 5) is 61.7. The van der Waals surface area contributed by atoms with E-state index in [0.717, 1.165) is 16.5 Å². The molecule has 13 heteroatoms. The number of aliphatic hydroxyl groups is 1. The molecule has 1 amide bonds. The molecule has 0 aliphatic carbocycles. The van der Waals surface area contributed by atoms with Crippen LogP contribution in [-0.4, -0.2) is 113 Å². The number of pyridine rings is 1. The topological polar surface area (TPSA) is 163 Å². The van der Waals surface area contributed by atoms with Crippen molar-refractivity contribution < 1.29 is 48.0 Å². The van der Waals surface area contributed by atoms with Crippen molar-refractivity contribution in [2.24, 2.45) is 23.7 Å². The molecule has 1 aromatic heterocycles. The smallest absolute Gasteiger partial charge is 0.408 e. The molecule has 0 bridgehead atoms. The lowest BCUT2D eigenvalue weighted by atomic mass is 9.73. The van der Waals surface area contributed by atoms with E-state index >= 15 is 0 Å². The van der Waals surface area contributed by atoms with Crippen molar-refractivity contribution >= 4 is 40.6 Å². The largest absolute Gasteiger partial charge is 0.458 e. The molecular formula is C42H59N3O10. The summed E-state index contributed by atoms with van der Waals surface area (Å²) in [6.45, 7) is 13.9. The van der Waals surface area contributed by atoms with E-state index in [1.165, 1.54) is 6.92 Å². The number of ether oxygens (including phenoxy) is 5. The van der Waals surface area contributed by atoms with Crippen LogP contribution in [0.3, 0.4) is 0 Å². The molecule has 2 N–H and O–H groups in total. The average molecular weight is 766 g/mol. The highest BCUT2D eigenvalue weighted by molar-refractivity contribution is 6.00. The lowest BCUT2D eigenvalue weighted by molar-refractivity contribution is -0.296. The molecule has 55 heavy (non-hydrogen) atoms. The summed E-state index contributed by atoms with van der Waals surface area (Å²) in [6.07, 6.45) is 1.17. The first kappa shape index (κ1) is 42.4. The molecule has 302 valence electrons. The zero-order valence-corrected chi connectivity index (χ0v) is 33.8. The Kier molecular flexibility index (Phi) is 13.2. The van der Waals surface area contributed by atoms with Crippen molar-refractivity contribution in [3.05, 3.63) is 48.2 Å². The molecule has 0 radical (unpaired) electrons. The van der Waals surface area contributed by atoms with E-state index in [2.05, 4.69) is 10.3 Å². The molecule has 13 atom stereocenters. The van der Waals surface area contributed by atoms with E-state index in [1.54, 1.807) is 47.7 Å². The zero-order chi connectivity index (χ0) is 40.4. The maximum Gasteiger partial charge on any atom is 0.408 e. The van der Waals surface area contributed by atoms with Crippen LogP contribution in [0.15, 0.2) is 42.6 Å². The molecule has 3 saturated heterocycles. The SMILES string of the molecule is CCC1OC(=O)[C@H](C)C(=O)[C@H](C)[C@@H](O[C@@H]2O[C@H](C)C[C@H](N(C)C)[C@H]2O)[C@](C)(OC/C=C/c2ccc3ncccc3c2)C[C@@H](C)C(=O)[C@H](C)[C@H]2NC(=O)O[C@]12C. The van der Waals surface area contributed by atoms with Crippen molar-refractivity contribution in [2.45, 2.75) is 129 Å². The number of rotatable bonds is 8. The molecule has 0 saturated carbocycles. The number of fused-ring (bicyclic) bond motifs is 2. The maximum absolute atomic E-state index is 14.4. The Morgan fingerprint density at radius 2 is 1.76 bits per heavy atom. The summed E-state index contributed by atoms with van der Waals surface area (Å²) in [5.41, 5.74) is -0.923. The maximum atomic E-state index is 14.4. The van der Waals surface area contributed by atoms with Gasteiger partial charge in [-0.05, 0) is 84.8 Å². The molecule has 2 aromatic rings. The minimum Gasteiger partial charge on any atom is -0.458 e. The number of aromatic nitrogens is 1. The number of nitrogens with zero attached hydrogens (tertiary/aromatic N) is 2. The van der Waals surface area contributed by atoms with Crippen molar-refractivity contribution in [3.8, 4) is 0 Å². The molecule has 1 aromatic carbocycles. The van der Waals surface area contributed by atoms with E-state index in [0.29, 0.717) is 6.42 Å². The Bertz CT molecular complexity index is 1750. The van der Waals surface area contributed by atoms with Crippen LogP contribution in [-0.2, 0) is 38.1 Å². The van der Waals surface area contributed by atoms with Crippen LogP contribution in [0.25, 0.3) is 17.0 Å². The molecular weight excluding hydrogens is 706 g/mol. The van der Waals surface area contributed by atoms with Gasteiger partial charge in [0.1, 0.15) is 23.9 Å². The fourth-order valence-electron chi connectivity index (χ4n) is 8.75. The normalized spacial score (nSPS) is 38.1. The highest BCUT2D eigenvalue weighted by Crippen LogP contribution is 2.40. The number of Topliss-reactive ketones (excluding diaryl/α,β-unsaturated/α-hetero) is 2. The van der Waals surface area contributed by atoms with Gasteiger partial charge >= 0.3 is 12.1 Å². The van der Waals surface area contributed by atoms with Gasteiger partial charge < -0.3 is 39.0 Å². The van der Waals surface area contributed by atoms with Gasteiger partial charge in [0, 0.05) is 35.4 Å². The van der Waals surface area contributed by atoms with Crippen molar-refractivity contribution in [2.75, 3.05) is 20.7 Å². The number of amides is 1. The molecule has 13 nitrogen and oxygen atoms in total. The second-order valence-corrected chi connectivity index (χ2v) is 16.3. The second kappa shape index (κ2) is 17.2. The molecule has 3 aliphatic heterocycles. The number of aliphatic hydroxyl groups excluding tert-OH is 1. The number of nitrogens with one attached hydrogen (secondary N) is 1. The predicted octanol–water partition coefficient (Wildman–Crippen LogP) is 5.11. The number of carbonyl (C=O) groups excluding carboxylic acids is 4. The molecule has 3 fully saturated rings. The van der Waals surface area contributed by atoms with Crippen LogP contribution in [0.2, 0.25) is 0 Å². The lowest BCUT2D eigenvalue weighted by Gasteiger charge is -2.47. The third kappa shape index (κ3) is 8.96. The minimum absolute atomic E-state index is 0.0734. The Balaban J connectivity index is 1.56. The van der Waals surface area contributed by atoms with Crippen LogP contribution in [0.1, 0.15) is 80.2 Å². The lowest BCUT2D eigenvalue weighted by Crippen LogP contribution is -2.60. The van der Waals surface area contributed by atoms with Gasteiger partial charge in [-0.15, -0.1) is 0 Å². The fraction of sp³-hybridized carbons (Fsp3) is 0.643. The number of cyclic esters (lactones) is 1. The molecule has 5 rings (SSSR count). The van der Waals surface area contributed by atoms with E-state index in [-0.39, 0.29) is 37.4 Å². The Labute approximate surface area is 324 Å². The molecule has 1 unspecified atom stereocenters. The number of likely N-dealkylation sites (N-methyl/N-ethyl adjacent to an activating group) is 1. The number of hydrogen-bond acceptors (Lipinski definition) is 12. The van der Waals surface area contributed by atoms with Gasteiger partial charge in [-0.1, -0.05) is 52.0 Å². The molecule has 0 spiro atoms. The Morgan fingerprint density at radius 3 is 2.45 bits per heavy atom. The van der Waals surface area contributed by atoms with Crippen molar-refractivity contribution in [1.29, 1.82) is 0 Å². The van der Waals surface area contributed by atoms with Crippen molar-refractivity contribution in [1.82, 2.24) is 15.2 Å². The summed E-state index contributed by atoms with van der Waals surface area (Å²) in [5, 5.41) is 15.4. The van der Waals surface area contributed by atoms with Gasteiger partial charge in [0.2, 0.25) is 0 Å². The monoisotopic (exact) mass is 765 g/mol. The number of ketones is 2. The van der Waals surface area contributed by atoms with E-state index in [4.69, 9.17) is 23.7 Å². The van der Waals surface area contributed by atoms with Gasteiger partial charge in [0.05, 0.1) is 36.0 Å². The molecule has 4 heterocycles. The van der Waals surface area contributed by atoms with Crippen LogP contribution in [0.5, 0.6) is 0 Å². The fourth-order valence-corrected chi connectivity index (χ4v) is 8.75. The minimum atomic E-state index is -1.38. The van der Waals surface area contributed by atoms with Crippen LogP contribution in [0, 0.1) is 23.7 Å². The first-order valence-corrected chi connectivity index (χ1v) is 19.5. The van der Waals surface area contributed by atoms with Gasteiger partial charge in [-0.3, -0.25) is 19.4 Å². The summed E-state index contributed by atoms with van der Waals surface area (Å²) in [6, 6.07) is 8.65. The first-order chi connectivity index (χ1) is 25.9. The van der Waals surface area contributed by atoms with Gasteiger partial charge in [-0.2, -0.15) is 0 Å². The highest BCUT2D eigenvalue weighted by Gasteiger charge is 2.57.